The number of rotatable bonds is 2. The molecule has 17 heavy (non-hydrogen) atoms. The third-order valence-corrected chi connectivity index (χ3v) is 2.63. The molecule has 1 aromatic carbocycles. The van der Waals surface area contributed by atoms with Crippen LogP contribution in [-0.2, 0) is 6.18 Å². The van der Waals surface area contributed by atoms with Crippen molar-refractivity contribution < 1.29 is 22.9 Å². The topological polar surface area (TPSA) is 60.2 Å². The molecule has 0 bridgehead atoms. The first-order chi connectivity index (χ1) is 7.66. The molecule has 1 aromatic rings. The molecule has 0 fully saturated rings. The summed E-state index contributed by atoms with van der Waals surface area (Å²) in [6.45, 7) is 0.916. The van der Waals surface area contributed by atoms with Crippen LogP contribution in [0.3, 0.4) is 0 Å². The number of alkyl halides is 3. The number of carbonyl (C=O) groups is 1. The highest BCUT2D eigenvalue weighted by atomic mass is 79.9. The molecule has 0 saturated carbocycles. The molecular weight excluding hydrogens is 307 g/mol. The maximum Gasteiger partial charge on any atom is 0.423 e. The number of carbonyl (C=O) groups excluding carboxylic acids is 1. The van der Waals surface area contributed by atoms with Gasteiger partial charge in [-0.1, -0.05) is 15.9 Å². The minimum atomic E-state index is -4.97. The molecule has 0 aromatic heterocycles. The smallest absolute Gasteiger partial charge is 0.294 e. The zero-order valence-corrected chi connectivity index (χ0v) is 9.92. The van der Waals surface area contributed by atoms with E-state index in [-0.39, 0.29) is 4.47 Å². The van der Waals surface area contributed by atoms with Gasteiger partial charge in [0.2, 0.25) is 0 Å². The van der Waals surface area contributed by atoms with Crippen molar-refractivity contribution in [3.05, 3.63) is 37.8 Å². The molecule has 0 N–H and O–H groups in total. The quantitative estimate of drug-likeness (QED) is 0.476. The lowest BCUT2D eigenvalue weighted by Crippen LogP contribution is -2.15. The van der Waals surface area contributed by atoms with Gasteiger partial charge >= 0.3 is 6.18 Å². The number of nitro groups is 1. The third kappa shape index (κ3) is 2.63. The molecule has 0 saturated heterocycles. The lowest BCUT2D eigenvalue weighted by atomic mass is 10.0. The molecule has 0 spiro atoms. The Morgan fingerprint density at radius 2 is 1.94 bits per heavy atom. The second-order valence-corrected chi connectivity index (χ2v) is 3.98. The van der Waals surface area contributed by atoms with E-state index in [2.05, 4.69) is 15.9 Å². The normalized spacial score (nSPS) is 11.4. The van der Waals surface area contributed by atoms with Gasteiger partial charge in [0.05, 0.1) is 10.5 Å². The lowest BCUT2D eigenvalue weighted by molar-refractivity contribution is -0.388. The van der Waals surface area contributed by atoms with Crippen LogP contribution in [0.15, 0.2) is 16.6 Å². The fourth-order valence-corrected chi connectivity index (χ4v) is 1.96. The number of benzene rings is 1. The van der Waals surface area contributed by atoms with Gasteiger partial charge in [0.1, 0.15) is 5.56 Å². The van der Waals surface area contributed by atoms with Crippen molar-refractivity contribution in [1.29, 1.82) is 0 Å². The Morgan fingerprint density at radius 1 is 1.41 bits per heavy atom. The SMILES string of the molecule is CC(=O)c1c(Br)ccc([N+](=O)[O-])c1C(F)(F)F. The average Bonchev–Trinajstić information content (AvgIpc) is 2.14. The second kappa shape index (κ2) is 4.44. The van der Waals surface area contributed by atoms with Crippen LogP contribution in [0, 0.1) is 10.1 Å². The first-order valence-electron chi connectivity index (χ1n) is 4.21. The Balaban J connectivity index is 3.75. The number of nitro benzene ring substituents is 1. The minimum absolute atomic E-state index is 0.122. The fourth-order valence-electron chi connectivity index (χ4n) is 1.35. The van der Waals surface area contributed by atoms with Crippen LogP contribution in [0.25, 0.3) is 0 Å². The Kier molecular flexibility index (Phi) is 3.56. The summed E-state index contributed by atoms with van der Waals surface area (Å²) in [6, 6.07) is 1.75. The Hall–Kier alpha value is -1.44. The van der Waals surface area contributed by atoms with E-state index in [4.69, 9.17) is 0 Å². The molecule has 8 heteroatoms. The van der Waals surface area contributed by atoms with Gasteiger partial charge in [-0.25, -0.2) is 0 Å². The van der Waals surface area contributed by atoms with Crippen molar-refractivity contribution in [1.82, 2.24) is 0 Å². The van der Waals surface area contributed by atoms with Crippen LogP contribution in [0.2, 0.25) is 0 Å². The standard InChI is InChI=1S/C9H5BrF3NO3/c1-4(15)7-5(10)2-3-6(14(16)17)8(7)9(11,12)13/h2-3H,1H3. The molecular formula is C9H5BrF3NO3. The van der Waals surface area contributed by atoms with Gasteiger partial charge < -0.3 is 0 Å². The van der Waals surface area contributed by atoms with Crippen molar-refractivity contribution in [2.75, 3.05) is 0 Å². The van der Waals surface area contributed by atoms with E-state index in [1.807, 2.05) is 0 Å². The Bertz CT molecular complexity index is 499. The molecule has 0 atom stereocenters. The number of ketones is 1. The average molecular weight is 312 g/mol. The summed E-state index contributed by atoms with van der Waals surface area (Å²) in [5.74, 6) is -0.895. The van der Waals surface area contributed by atoms with Crippen LogP contribution >= 0.6 is 15.9 Å². The van der Waals surface area contributed by atoms with Gasteiger partial charge in [-0.15, -0.1) is 0 Å². The van der Waals surface area contributed by atoms with Gasteiger partial charge in [-0.2, -0.15) is 13.2 Å². The van der Waals surface area contributed by atoms with Crippen molar-refractivity contribution >= 4 is 27.4 Å². The first kappa shape index (κ1) is 13.6. The first-order valence-corrected chi connectivity index (χ1v) is 5.00. The number of Topliss-reactive ketones (excluding diaryl/α,β-unsaturated/α-hetero) is 1. The van der Waals surface area contributed by atoms with E-state index >= 15 is 0 Å². The molecule has 0 aliphatic heterocycles. The zero-order valence-electron chi connectivity index (χ0n) is 8.34. The number of hydrogen-bond acceptors (Lipinski definition) is 3. The number of nitrogens with zero attached hydrogens (tertiary/aromatic N) is 1. The van der Waals surface area contributed by atoms with Crippen LogP contribution in [-0.4, -0.2) is 10.7 Å². The van der Waals surface area contributed by atoms with E-state index in [0.29, 0.717) is 6.07 Å². The van der Waals surface area contributed by atoms with Crippen molar-refractivity contribution in [3.8, 4) is 0 Å². The second-order valence-electron chi connectivity index (χ2n) is 3.13. The van der Waals surface area contributed by atoms with Crippen molar-refractivity contribution in [2.24, 2.45) is 0 Å². The molecule has 92 valence electrons. The molecule has 1 rings (SSSR count). The molecule has 0 heterocycles. The number of hydrogen-bond donors (Lipinski definition) is 0. The lowest BCUT2D eigenvalue weighted by Gasteiger charge is -2.12. The molecule has 0 aliphatic rings. The van der Waals surface area contributed by atoms with Gasteiger partial charge in [0.15, 0.2) is 5.78 Å². The maximum absolute atomic E-state index is 12.7. The van der Waals surface area contributed by atoms with E-state index in [0.717, 1.165) is 13.0 Å². The summed E-state index contributed by atoms with van der Waals surface area (Å²) >= 11 is 2.78. The summed E-state index contributed by atoms with van der Waals surface area (Å²) in [5, 5.41) is 10.5. The number of halogens is 4. The predicted octanol–water partition coefficient (Wildman–Crippen LogP) is 3.58. The van der Waals surface area contributed by atoms with Crippen LogP contribution in [0.5, 0.6) is 0 Å². The van der Waals surface area contributed by atoms with Crippen LogP contribution in [0.4, 0.5) is 18.9 Å². The van der Waals surface area contributed by atoms with Crippen LogP contribution in [0.1, 0.15) is 22.8 Å². The monoisotopic (exact) mass is 311 g/mol. The van der Waals surface area contributed by atoms with Gasteiger partial charge in [-0.05, 0) is 13.0 Å². The summed E-state index contributed by atoms with van der Waals surface area (Å²) in [7, 11) is 0. The maximum atomic E-state index is 12.7. The highest BCUT2D eigenvalue weighted by Crippen LogP contribution is 2.41. The predicted molar refractivity (Wildman–Crippen MR) is 55.8 cm³/mol. The zero-order chi connectivity index (χ0) is 13.4. The summed E-state index contributed by atoms with van der Waals surface area (Å²) in [4.78, 5) is 20.5. The van der Waals surface area contributed by atoms with E-state index < -0.39 is 33.7 Å². The summed E-state index contributed by atoms with van der Waals surface area (Å²) in [6.07, 6.45) is -4.97. The highest BCUT2D eigenvalue weighted by molar-refractivity contribution is 9.10. The van der Waals surface area contributed by atoms with Crippen LogP contribution < -0.4 is 0 Å². The van der Waals surface area contributed by atoms with E-state index in [1.54, 1.807) is 0 Å². The molecule has 0 aliphatic carbocycles. The molecule has 0 radical (unpaired) electrons. The Morgan fingerprint density at radius 3 is 2.29 bits per heavy atom. The Labute approximate surface area is 102 Å². The molecule has 4 nitrogen and oxygen atoms in total. The highest BCUT2D eigenvalue weighted by Gasteiger charge is 2.42. The third-order valence-electron chi connectivity index (χ3n) is 1.96. The van der Waals surface area contributed by atoms with Crippen molar-refractivity contribution in [2.45, 2.75) is 13.1 Å². The van der Waals surface area contributed by atoms with Gasteiger partial charge in [0, 0.05) is 10.5 Å². The van der Waals surface area contributed by atoms with Crippen molar-refractivity contribution in [3.63, 3.8) is 0 Å². The molecule has 0 amide bonds. The van der Waals surface area contributed by atoms with Gasteiger partial charge in [0.25, 0.3) is 5.69 Å². The largest absolute Gasteiger partial charge is 0.423 e. The van der Waals surface area contributed by atoms with Gasteiger partial charge in [-0.3, -0.25) is 14.9 Å². The van der Waals surface area contributed by atoms with E-state index in [9.17, 15) is 28.1 Å². The summed E-state index contributed by atoms with van der Waals surface area (Å²) < 4.78 is 38.1. The fraction of sp³-hybridized carbons (Fsp3) is 0.222. The summed E-state index contributed by atoms with van der Waals surface area (Å²) in [5.41, 5.74) is -3.39. The van der Waals surface area contributed by atoms with E-state index in [1.165, 1.54) is 0 Å². The minimum Gasteiger partial charge on any atom is -0.294 e. The molecule has 0 unspecified atom stereocenters.